The summed E-state index contributed by atoms with van der Waals surface area (Å²) in [5, 5.41) is 3.19. The molecule has 0 fully saturated rings. The average Bonchev–Trinajstić information content (AvgIpc) is 2.69. The van der Waals surface area contributed by atoms with Crippen molar-refractivity contribution in [1.82, 2.24) is 15.0 Å². The molecule has 0 aliphatic carbocycles. The molecule has 0 amide bonds. The lowest BCUT2D eigenvalue weighted by molar-refractivity contribution is 0.369. The molecule has 0 aliphatic rings. The number of nitrogens with one attached hydrogen (secondary N) is 1. The van der Waals surface area contributed by atoms with Gasteiger partial charge in [-0.25, -0.2) is 14.4 Å². The van der Waals surface area contributed by atoms with Crippen molar-refractivity contribution in [2.75, 3.05) is 18.2 Å². The number of hydrogen-bond acceptors (Lipinski definition) is 6. The molecule has 1 aromatic heterocycles. The van der Waals surface area contributed by atoms with Crippen LogP contribution < -0.4 is 10.1 Å². The molecule has 0 saturated heterocycles. The summed E-state index contributed by atoms with van der Waals surface area (Å²) in [6, 6.07) is 12.3. The smallest absolute Gasteiger partial charge is 0.230 e. The van der Waals surface area contributed by atoms with Crippen molar-refractivity contribution in [2.45, 2.75) is 12.7 Å². The molecular weight excluding hydrogens is 375 g/mol. The number of aromatic nitrogens is 3. The van der Waals surface area contributed by atoms with Gasteiger partial charge in [0, 0.05) is 17.5 Å². The molecule has 0 radical (unpaired) electrons. The average molecular weight is 394 g/mol. The Balaban J connectivity index is 1.87. The van der Waals surface area contributed by atoms with E-state index in [1.54, 1.807) is 24.8 Å². The fourth-order valence-corrected chi connectivity index (χ4v) is 3.02. The maximum Gasteiger partial charge on any atom is 0.230 e. The largest absolute Gasteiger partial charge is 0.480 e. The molecule has 0 saturated carbocycles. The minimum atomic E-state index is -0.402. The van der Waals surface area contributed by atoms with E-state index in [1.807, 2.05) is 12.1 Å². The van der Waals surface area contributed by atoms with Gasteiger partial charge in [0.25, 0.3) is 0 Å². The van der Waals surface area contributed by atoms with E-state index in [4.69, 9.17) is 4.74 Å². The molecular formula is C21H19FN4OS. The lowest BCUT2D eigenvalue weighted by Gasteiger charge is -2.10. The van der Waals surface area contributed by atoms with E-state index in [0.717, 1.165) is 11.4 Å². The van der Waals surface area contributed by atoms with Crippen molar-refractivity contribution < 1.29 is 9.13 Å². The lowest BCUT2D eigenvalue weighted by atomic mass is 10.2. The van der Waals surface area contributed by atoms with Gasteiger partial charge in [-0.1, -0.05) is 18.1 Å². The fraction of sp³-hybridized carbons (Fsp3) is 0.190. The molecule has 2 aromatic carbocycles. The van der Waals surface area contributed by atoms with Crippen molar-refractivity contribution >= 4 is 23.4 Å². The molecule has 0 spiro atoms. The minimum Gasteiger partial charge on any atom is -0.480 e. The normalized spacial score (nSPS) is 10.1. The first-order valence-corrected chi connectivity index (χ1v) is 9.95. The van der Waals surface area contributed by atoms with Crippen molar-refractivity contribution in [3.8, 4) is 29.0 Å². The number of hydrogen-bond donors (Lipinski definition) is 1. The maximum atomic E-state index is 13.7. The number of thioether (sulfide) groups is 1. The standard InChI is InChI=1S/C21H19FN4OS/c1-3-4-10-27-19-12-16(22)8-9-18(19)20-23-14-24-21(26-20)25-17-7-5-6-15(11-17)13-28-2/h5-9,11-12,14H,10,13H2,1-2H3,(H,23,24,25,26). The maximum absolute atomic E-state index is 13.7. The third kappa shape index (κ3) is 5.21. The van der Waals surface area contributed by atoms with Gasteiger partial charge in [0.05, 0.1) is 5.56 Å². The molecule has 0 bridgehead atoms. The van der Waals surface area contributed by atoms with Gasteiger partial charge in [-0.3, -0.25) is 0 Å². The van der Waals surface area contributed by atoms with Gasteiger partial charge in [0.2, 0.25) is 5.95 Å². The summed E-state index contributed by atoms with van der Waals surface area (Å²) in [4.78, 5) is 12.9. The van der Waals surface area contributed by atoms with Gasteiger partial charge in [0.1, 0.15) is 24.5 Å². The van der Waals surface area contributed by atoms with Crippen LogP contribution in [0.15, 0.2) is 48.8 Å². The van der Waals surface area contributed by atoms with E-state index in [-0.39, 0.29) is 6.61 Å². The van der Waals surface area contributed by atoms with E-state index in [9.17, 15) is 4.39 Å². The van der Waals surface area contributed by atoms with Crippen LogP contribution in [0.25, 0.3) is 11.4 Å². The Bertz CT molecular complexity index is 1020. The zero-order valence-corrected chi connectivity index (χ0v) is 16.4. The summed E-state index contributed by atoms with van der Waals surface area (Å²) in [6.45, 7) is 1.87. The van der Waals surface area contributed by atoms with Gasteiger partial charge in [-0.15, -0.1) is 5.92 Å². The third-order valence-corrected chi connectivity index (χ3v) is 4.35. The quantitative estimate of drug-likeness (QED) is 0.587. The molecule has 0 aliphatic heterocycles. The Kier molecular flexibility index (Phi) is 6.82. The predicted molar refractivity (Wildman–Crippen MR) is 111 cm³/mol. The second-order valence-electron chi connectivity index (χ2n) is 5.75. The van der Waals surface area contributed by atoms with E-state index in [0.29, 0.717) is 23.1 Å². The Morgan fingerprint density at radius 1 is 1.18 bits per heavy atom. The second-order valence-corrected chi connectivity index (χ2v) is 6.61. The van der Waals surface area contributed by atoms with Crippen LogP contribution in [0.2, 0.25) is 0 Å². The number of ether oxygens (including phenoxy) is 1. The first kappa shape index (κ1) is 19.6. The van der Waals surface area contributed by atoms with Crippen LogP contribution >= 0.6 is 11.8 Å². The van der Waals surface area contributed by atoms with E-state index in [1.165, 1.54) is 24.0 Å². The van der Waals surface area contributed by atoms with E-state index in [2.05, 4.69) is 50.5 Å². The minimum absolute atomic E-state index is 0.158. The molecule has 1 heterocycles. The summed E-state index contributed by atoms with van der Waals surface area (Å²) >= 11 is 1.76. The number of benzene rings is 2. The first-order chi connectivity index (χ1) is 13.7. The van der Waals surface area contributed by atoms with Crippen LogP contribution in [0.1, 0.15) is 12.5 Å². The highest BCUT2D eigenvalue weighted by molar-refractivity contribution is 7.97. The van der Waals surface area contributed by atoms with Crippen molar-refractivity contribution in [1.29, 1.82) is 0 Å². The Morgan fingerprint density at radius 2 is 2.07 bits per heavy atom. The topological polar surface area (TPSA) is 59.9 Å². The van der Waals surface area contributed by atoms with Crippen LogP contribution in [0.5, 0.6) is 5.75 Å². The first-order valence-electron chi connectivity index (χ1n) is 8.56. The lowest BCUT2D eigenvalue weighted by Crippen LogP contribution is -2.02. The predicted octanol–water partition coefficient (Wildman–Crippen LogP) is 4.69. The van der Waals surface area contributed by atoms with Gasteiger partial charge in [-0.2, -0.15) is 16.7 Å². The molecule has 1 N–H and O–H groups in total. The molecule has 3 rings (SSSR count). The van der Waals surface area contributed by atoms with Crippen LogP contribution in [0, 0.1) is 17.7 Å². The Hall–Kier alpha value is -3.11. The number of halogens is 1. The van der Waals surface area contributed by atoms with Crippen molar-refractivity contribution in [2.24, 2.45) is 0 Å². The highest BCUT2D eigenvalue weighted by Gasteiger charge is 2.12. The van der Waals surface area contributed by atoms with Crippen LogP contribution in [0.3, 0.4) is 0 Å². The van der Waals surface area contributed by atoms with Gasteiger partial charge in [-0.05, 0) is 43.0 Å². The van der Waals surface area contributed by atoms with Gasteiger partial charge < -0.3 is 10.1 Å². The highest BCUT2D eigenvalue weighted by Crippen LogP contribution is 2.29. The van der Waals surface area contributed by atoms with E-state index >= 15 is 0 Å². The fourth-order valence-electron chi connectivity index (χ4n) is 2.51. The third-order valence-electron chi connectivity index (χ3n) is 3.73. The number of anilines is 2. The second kappa shape index (κ2) is 9.72. The van der Waals surface area contributed by atoms with Crippen LogP contribution in [-0.2, 0) is 5.75 Å². The summed E-state index contributed by atoms with van der Waals surface area (Å²) < 4.78 is 19.2. The SMILES string of the molecule is CC#CCOc1cc(F)ccc1-c1ncnc(Nc2cccc(CSC)c2)n1. The molecule has 0 unspecified atom stereocenters. The molecule has 0 atom stereocenters. The highest BCUT2D eigenvalue weighted by atomic mass is 32.2. The van der Waals surface area contributed by atoms with Crippen molar-refractivity contribution in [3.05, 3.63) is 60.2 Å². The molecule has 7 heteroatoms. The van der Waals surface area contributed by atoms with E-state index < -0.39 is 5.82 Å². The summed E-state index contributed by atoms with van der Waals surface area (Å²) in [7, 11) is 0. The molecule has 142 valence electrons. The Morgan fingerprint density at radius 3 is 2.89 bits per heavy atom. The summed E-state index contributed by atoms with van der Waals surface area (Å²) in [6.07, 6.45) is 3.47. The van der Waals surface area contributed by atoms with Gasteiger partial charge in [0.15, 0.2) is 5.82 Å². The van der Waals surface area contributed by atoms with Gasteiger partial charge >= 0.3 is 0 Å². The molecule has 28 heavy (non-hydrogen) atoms. The summed E-state index contributed by atoms with van der Waals surface area (Å²) in [5.74, 6) is 7.18. The monoisotopic (exact) mass is 394 g/mol. The van der Waals surface area contributed by atoms with Crippen molar-refractivity contribution in [3.63, 3.8) is 0 Å². The van der Waals surface area contributed by atoms with Crippen LogP contribution in [0.4, 0.5) is 16.0 Å². The van der Waals surface area contributed by atoms with Crippen LogP contribution in [-0.4, -0.2) is 27.8 Å². The molecule has 5 nitrogen and oxygen atoms in total. The zero-order valence-electron chi connectivity index (χ0n) is 15.6. The Labute approximate surface area is 167 Å². The zero-order chi connectivity index (χ0) is 19.8. The number of nitrogens with zero attached hydrogens (tertiary/aromatic N) is 3. The molecule has 3 aromatic rings. The number of rotatable bonds is 7. The summed E-state index contributed by atoms with van der Waals surface area (Å²) in [5.41, 5.74) is 2.66.